The van der Waals surface area contributed by atoms with Gasteiger partial charge in [0, 0.05) is 12.7 Å². The molecule has 2 rings (SSSR count). The summed E-state index contributed by atoms with van der Waals surface area (Å²) in [6.07, 6.45) is 2.62. The molecule has 0 aliphatic carbocycles. The first kappa shape index (κ1) is 14.8. The highest BCUT2D eigenvalue weighted by Crippen LogP contribution is 2.20. The summed E-state index contributed by atoms with van der Waals surface area (Å²) in [4.78, 5) is 23.3. The second-order valence-electron chi connectivity index (χ2n) is 4.51. The Balaban J connectivity index is 2.30. The van der Waals surface area contributed by atoms with Crippen molar-refractivity contribution >= 4 is 17.6 Å². The number of halogens is 1. The van der Waals surface area contributed by atoms with Gasteiger partial charge in [-0.15, -0.1) is 0 Å². The molecule has 1 heterocycles. The Kier molecular flexibility index (Phi) is 4.37. The number of carbonyl (C=O) groups excluding carboxylic acids is 1. The van der Waals surface area contributed by atoms with Gasteiger partial charge in [0.1, 0.15) is 17.1 Å². The van der Waals surface area contributed by atoms with Crippen LogP contribution in [0.25, 0.3) is 0 Å². The third kappa shape index (κ3) is 3.10. The van der Waals surface area contributed by atoms with Crippen LogP contribution in [0.3, 0.4) is 0 Å². The van der Waals surface area contributed by atoms with Crippen LogP contribution >= 0.6 is 0 Å². The van der Waals surface area contributed by atoms with Crippen LogP contribution in [0.2, 0.25) is 0 Å². The van der Waals surface area contributed by atoms with Crippen LogP contribution in [-0.4, -0.2) is 21.6 Å². The molecule has 0 aliphatic rings. The maximum Gasteiger partial charge on any atom is 0.340 e. The van der Waals surface area contributed by atoms with Crippen molar-refractivity contribution in [3.63, 3.8) is 0 Å². The molecule has 5 nitrogen and oxygen atoms in total. The molecule has 0 saturated heterocycles. The number of carboxylic acid groups (broad SMARTS) is 1. The second kappa shape index (κ2) is 6.21. The molecule has 1 aromatic carbocycles. The Labute approximate surface area is 121 Å². The molecular weight excluding hydrogens is 275 g/mol. The van der Waals surface area contributed by atoms with Gasteiger partial charge in [-0.2, -0.15) is 0 Å². The summed E-state index contributed by atoms with van der Waals surface area (Å²) in [7, 11) is 0. The number of hydrogen-bond acceptors (Lipinski definition) is 2. The van der Waals surface area contributed by atoms with Gasteiger partial charge in [0.05, 0.1) is 5.69 Å². The summed E-state index contributed by atoms with van der Waals surface area (Å²) in [6, 6.07) is 7.11. The van der Waals surface area contributed by atoms with Crippen molar-refractivity contribution in [2.24, 2.45) is 0 Å². The first-order valence-electron chi connectivity index (χ1n) is 6.53. The van der Waals surface area contributed by atoms with E-state index in [1.54, 1.807) is 22.9 Å². The number of carbonyl (C=O) groups is 2. The predicted molar refractivity (Wildman–Crippen MR) is 76.0 cm³/mol. The predicted octanol–water partition coefficient (Wildman–Crippen LogP) is 2.99. The van der Waals surface area contributed by atoms with E-state index in [4.69, 9.17) is 5.11 Å². The number of carboxylic acids is 1. The molecule has 0 atom stereocenters. The van der Waals surface area contributed by atoms with Crippen LogP contribution in [0.15, 0.2) is 36.5 Å². The van der Waals surface area contributed by atoms with E-state index in [9.17, 15) is 14.0 Å². The normalized spacial score (nSPS) is 10.4. The van der Waals surface area contributed by atoms with E-state index < -0.39 is 23.3 Å². The Morgan fingerprint density at radius 2 is 2.05 bits per heavy atom. The van der Waals surface area contributed by atoms with E-state index in [0.29, 0.717) is 12.2 Å². The fourth-order valence-corrected chi connectivity index (χ4v) is 2.09. The van der Waals surface area contributed by atoms with E-state index in [0.717, 1.165) is 12.5 Å². The molecule has 0 fully saturated rings. The van der Waals surface area contributed by atoms with Gasteiger partial charge in [0.25, 0.3) is 5.91 Å². The zero-order valence-corrected chi connectivity index (χ0v) is 11.5. The van der Waals surface area contributed by atoms with Crippen LogP contribution in [0.5, 0.6) is 0 Å². The molecule has 1 aromatic heterocycles. The molecule has 0 saturated carbocycles. The Bertz CT molecular complexity index is 679. The second-order valence-corrected chi connectivity index (χ2v) is 4.51. The maximum absolute atomic E-state index is 13.6. The number of nitrogens with zero attached hydrogens (tertiary/aromatic N) is 1. The van der Waals surface area contributed by atoms with Crippen molar-refractivity contribution in [3.05, 3.63) is 53.6 Å². The highest BCUT2D eigenvalue weighted by Gasteiger charge is 2.19. The van der Waals surface area contributed by atoms with E-state index in [-0.39, 0.29) is 5.69 Å². The van der Waals surface area contributed by atoms with Crippen LogP contribution in [-0.2, 0) is 6.54 Å². The zero-order valence-electron chi connectivity index (χ0n) is 11.5. The van der Waals surface area contributed by atoms with Crippen molar-refractivity contribution in [3.8, 4) is 0 Å². The number of anilines is 1. The number of rotatable bonds is 5. The van der Waals surface area contributed by atoms with Crippen molar-refractivity contribution in [2.45, 2.75) is 19.9 Å². The first-order valence-corrected chi connectivity index (χ1v) is 6.53. The lowest BCUT2D eigenvalue weighted by molar-refractivity contribution is 0.0693. The first-order chi connectivity index (χ1) is 10.0. The molecular formula is C15H15FN2O3. The van der Waals surface area contributed by atoms with Crippen LogP contribution in [0, 0.1) is 5.82 Å². The molecule has 2 aromatic rings. The lowest BCUT2D eigenvalue weighted by atomic mass is 10.1. The van der Waals surface area contributed by atoms with Gasteiger partial charge in [-0.1, -0.05) is 13.0 Å². The van der Waals surface area contributed by atoms with Gasteiger partial charge in [0.2, 0.25) is 0 Å². The maximum atomic E-state index is 13.6. The van der Waals surface area contributed by atoms with Gasteiger partial charge >= 0.3 is 5.97 Å². The minimum absolute atomic E-state index is 0.0586. The number of benzene rings is 1. The van der Waals surface area contributed by atoms with Gasteiger partial charge in [0.15, 0.2) is 0 Å². The van der Waals surface area contributed by atoms with E-state index in [2.05, 4.69) is 5.32 Å². The zero-order chi connectivity index (χ0) is 15.4. The molecule has 21 heavy (non-hydrogen) atoms. The van der Waals surface area contributed by atoms with Crippen molar-refractivity contribution < 1.29 is 19.1 Å². The van der Waals surface area contributed by atoms with Crippen molar-refractivity contribution in [1.29, 1.82) is 0 Å². The fraction of sp³-hybridized carbons (Fsp3) is 0.200. The largest absolute Gasteiger partial charge is 0.478 e. The lowest BCUT2D eigenvalue weighted by Crippen LogP contribution is -2.19. The summed E-state index contributed by atoms with van der Waals surface area (Å²) in [5, 5.41) is 11.5. The van der Waals surface area contributed by atoms with Gasteiger partial charge in [-0.3, -0.25) is 4.79 Å². The highest BCUT2D eigenvalue weighted by molar-refractivity contribution is 6.07. The Hall–Kier alpha value is -2.63. The summed E-state index contributed by atoms with van der Waals surface area (Å²) in [5.41, 5.74) is -0.200. The van der Waals surface area contributed by atoms with Crippen LogP contribution in [0.1, 0.15) is 34.2 Å². The number of aromatic nitrogens is 1. The number of aromatic carboxylic acids is 1. The minimum atomic E-state index is -1.42. The monoisotopic (exact) mass is 290 g/mol. The van der Waals surface area contributed by atoms with E-state index in [1.165, 1.54) is 12.1 Å². The average molecular weight is 290 g/mol. The summed E-state index contributed by atoms with van der Waals surface area (Å²) in [5.74, 6) is -2.78. The molecule has 0 unspecified atom stereocenters. The standard InChI is InChI=1S/C15H15FN2O3/c1-2-8-18-9-4-7-12(18)14(19)17-11-6-3-5-10(16)13(11)15(20)21/h3-7,9H,2,8H2,1H3,(H,17,19)(H,20,21). The summed E-state index contributed by atoms with van der Waals surface area (Å²) < 4.78 is 15.3. The van der Waals surface area contributed by atoms with E-state index >= 15 is 0 Å². The molecule has 2 N–H and O–H groups in total. The van der Waals surface area contributed by atoms with E-state index in [1.807, 2.05) is 6.92 Å². The fourth-order valence-electron chi connectivity index (χ4n) is 2.09. The smallest absolute Gasteiger partial charge is 0.340 e. The lowest BCUT2D eigenvalue weighted by Gasteiger charge is -2.11. The molecule has 0 radical (unpaired) electrons. The van der Waals surface area contributed by atoms with Crippen molar-refractivity contribution in [1.82, 2.24) is 4.57 Å². The molecule has 0 aliphatic heterocycles. The number of nitrogens with one attached hydrogen (secondary N) is 1. The number of aryl methyl sites for hydroxylation is 1. The molecule has 110 valence electrons. The minimum Gasteiger partial charge on any atom is -0.478 e. The molecule has 1 amide bonds. The molecule has 0 bridgehead atoms. The quantitative estimate of drug-likeness (QED) is 0.889. The molecule has 6 heteroatoms. The van der Waals surface area contributed by atoms with Crippen LogP contribution < -0.4 is 5.32 Å². The number of hydrogen-bond donors (Lipinski definition) is 2. The topological polar surface area (TPSA) is 71.3 Å². The SMILES string of the molecule is CCCn1cccc1C(=O)Nc1cccc(F)c1C(=O)O. The summed E-state index contributed by atoms with van der Waals surface area (Å²) >= 11 is 0. The third-order valence-electron chi connectivity index (χ3n) is 3.00. The van der Waals surface area contributed by atoms with Gasteiger partial charge < -0.3 is 15.0 Å². The van der Waals surface area contributed by atoms with Gasteiger partial charge in [-0.05, 0) is 30.7 Å². The Morgan fingerprint density at radius 3 is 2.71 bits per heavy atom. The average Bonchev–Trinajstić information content (AvgIpc) is 2.87. The summed E-state index contributed by atoms with van der Waals surface area (Å²) in [6.45, 7) is 2.65. The third-order valence-corrected chi connectivity index (χ3v) is 3.00. The highest BCUT2D eigenvalue weighted by atomic mass is 19.1. The number of amides is 1. The molecule has 0 spiro atoms. The van der Waals surface area contributed by atoms with Crippen LogP contribution in [0.4, 0.5) is 10.1 Å². The van der Waals surface area contributed by atoms with Gasteiger partial charge in [-0.25, -0.2) is 9.18 Å². The van der Waals surface area contributed by atoms with Crippen molar-refractivity contribution in [2.75, 3.05) is 5.32 Å². The Morgan fingerprint density at radius 1 is 1.29 bits per heavy atom.